The van der Waals surface area contributed by atoms with E-state index in [0.717, 1.165) is 32.2 Å². The zero-order valence-electron chi connectivity index (χ0n) is 29.5. The van der Waals surface area contributed by atoms with E-state index in [1.807, 2.05) is 0 Å². The zero-order valence-corrected chi connectivity index (χ0v) is 31.8. The molecule has 2 N–H and O–H groups in total. The Morgan fingerprint density at radius 1 is 0.962 bits per heavy atom. The van der Waals surface area contributed by atoms with E-state index in [-0.39, 0.29) is 24.6 Å². The van der Waals surface area contributed by atoms with Gasteiger partial charge in [-0.15, -0.1) is 0 Å². The number of pyridine rings is 1. The van der Waals surface area contributed by atoms with Gasteiger partial charge < -0.3 is 18.9 Å². The van der Waals surface area contributed by atoms with Crippen molar-refractivity contribution < 1.29 is 41.9 Å². The van der Waals surface area contributed by atoms with Gasteiger partial charge >= 0.3 is 12.1 Å². The normalized spacial score (nSPS) is 18.5. The molecule has 7 rings (SSSR count). The third-order valence-corrected chi connectivity index (χ3v) is 10.8. The molecule has 1 amide bonds. The second-order valence-electron chi connectivity index (χ2n) is 13.1. The summed E-state index contributed by atoms with van der Waals surface area (Å²) in [5.41, 5.74) is 2.95. The number of carbonyl (C=O) groups excluding carboxylic acids is 2. The lowest BCUT2D eigenvalue weighted by Crippen LogP contribution is -2.53. The maximum absolute atomic E-state index is 13.9. The number of piperidine rings is 3. The first-order chi connectivity index (χ1) is 25.4. The van der Waals surface area contributed by atoms with Crippen molar-refractivity contribution in [2.75, 3.05) is 49.7 Å². The van der Waals surface area contributed by atoms with Gasteiger partial charge in [0.1, 0.15) is 22.3 Å². The molecular formula is C38H41Cl2N4O8S+. The maximum Gasteiger partial charge on any atom is 0.414 e. The summed E-state index contributed by atoms with van der Waals surface area (Å²) in [7, 11) is -0.444. The Kier molecular flexibility index (Phi) is 12.0. The van der Waals surface area contributed by atoms with Gasteiger partial charge in [0, 0.05) is 29.9 Å². The minimum absolute atomic E-state index is 0.0603. The number of fused-ring (bicyclic) bond motifs is 3. The molecule has 0 unspecified atom stereocenters. The van der Waals surface area contributed by atoms with Gasteiger partial charge in [-0.1, -0.05) is 41.4 Å². The molecule has 4 aromatic rings. The molecule has 3 saturated heterocycles. The van der Waals surface area contributed by atoms with E-state index in [0.29, 0.717) is 62.1 Å². The zero-order chi connectivity index (χ0) is 37.7. The first-order valence-corrected chi connectivity index (χ1v) is 19.7. The lowest BCUT2D eigenvalue weighted by Gasteiger charge is -2.44. The van der Waals surface area contributed by atoms with Crippen molar-refractivity contribution in [2.45, 2.75) is 38.0 Å². The van der Waals surface area contributed by atoms with E-state index < -0.39 is 28.2 Å². The van der Waals surface area contributed by atoms with E-state index in [4.69, 9.17) is 42.1 Å². The van der Waals surface area contributed by atoms with Crippen LogP contribution in [0, 0.1) is 5.92 Å². The van der Waals surface area contributed by atoms with Crippen LogP contribution >= 0.6 is 23.2 Å². The Morgan fingerprint density at radius 2 is 1.66 bits per heavy atom. The van der Waals surface area contributed by atoms with Crippen molar-refractivity contribution in [3.05, 3.63) is 111 Å². The van der Waals surface area contributed by atoms with E-state index in [1.165, 1.54) is 19.1 Å². The summed E-state index contributed by atoms with van der Waals surface area (Å²) in [5.74, 6) is 0.649. The average Bonchev–Trinajstić information content (AvgIpc) is 3.15. The van der Waals surface area contributed by atoms with Gasteiger partial charge in [-0.05, 0) is 91.5 Å². The highest BCUT2D eigenvalue weighted by atomic mass is 35.5. The standard InChI is InChI=1S/C38H40Cl2N4O8S/c1-49-33-12-7-26(18-35(33)50-2)34(19-30-31(39)20-41-21-32(30)40)51-37(45)27-6-4-5-24(17-27)22-44(29-10-8-28(9-11-29)42-53(3,47)48)38(46)52-36-23-43-15-13-25(36)14-16-43/h4-12,17-18,20-21,25,34,36,42H,13-16,19,22-23H2,1-3H3/p+1/t34-,36-/m0/s1. The fourth-order valence-corrected chi connectivity index (χ4v) is 7.83. The largest absolute Gasteiger partial charge is 0.493 e. The number of nitrogens with one attached hydrogen (secondary N) is 2. The van der Waals surface area contributed by atoms with Gasteiger partial charge in [0.25, 0.3) is 0 Å². The Hall–Kier alpha value is -4.56. The molecule has 3 aromatic carbocycles. The molecule has 3 aliphatic heterocycles. The maximum atomic E-state index is 13.9. The molecule has 2 bridgehead atoms. The Balaban J connectivity index is 1.26. The number of amides is 1. The molecule has 2 atom stereocenters. The van der Waals surface area contributed by atoms with Crippen LogP contribution in [0.5, 0.6) is 11.5 Å². The van der Waals surface area contributed by atoms with Crippen LogP contribution in [-0.4, -0.2) is 71.6 Å². The molecule has 4 heterocycles. The molecule has 12 nitrogen and oxygen atoms in total. The lowest BCUT2D eigenvalue weighted by atomic mass is 9.86. The van der Waals surface area contributed by atoms with E-state index in [1.54, 1.807) is 79.1 Å². The summed E-state index contributed by atoms with van der Waals surface area (Å²) in [6.07, 6.45) is 4.77. The predicted molar refractivity (Wildman–Crippen MR) is 201 cm³/mol. The van der Waals surface area contributed by atoms with E-state index in [2.05, 4.69) is 14.6 Å². The Labute approximate surface area is 318 Å². The first-order valence-electron chi connectivity index (χ1n) is 17.0. The van der Waals surface area contributed by atoms with E-state index >= 15 is 0 Å². The number of sulfonamides is 1. The van der Waals surface area contributed by atoms with Gasteiger partial charge in [0.05, 0.1) is 32.6 Å². The highest BCUT2D eigenvalue weighted by Crippen LogP contribution is 2.36. The molecule has 0 spiro atoms. The van der Waals surface area contributed by atoms with Crippen LogP contribution in [0.3, 0.4) is 0 Å². The quantitative estimate of drug-likeness (QED) is 0.149. The third-order valence-electron chi connectivity index (χ3n) is 9.47. The molecular weight excluding hydrogens is 743 g/mol. The third kappa shape index (κ3) is 9.52. The minimum atomic E-state index is -3.50. The van der Waals surface area contributed by atoms with Crippen LogP contribution in [0.15, 0.2) is 79.1 Å². The summed E-state index contributed by atoms with van der Waals surface area (Å²) < 4.78 is 49.2. The van der Waals surface area contributed by atoms with Crippen LogP contribution in [0.1, 0.15) is 46.0 Å². The van der Waals surface area contributed by atoms with Crippen LogP contribution in [0.4, 0.5) is 16.2 Å². The molecule has 53 heavy (non-hydrogen) atoms. The van der Waals surface area contributed by atoms with Crippen LogP contribution < -0.4 is 24.1 Å². The number of halogens is 2. The smallest absolute Gasteiger partial charge is 0.414 e. The number of nitrogens with zero attached hydrogens (tertiary/aromatic N) is 2. The second-order valence-corrected chi connectivity index (χ2v) is 15.7. The highest BCUT2D eigenvalue weighted by molar-refractivity contribution is 7.92. The number of rotatable bonds is 13. The first kappa shape index (κ1) is 38.2. The summed E-state index contributed by atoms with van der Waals surface area (Å²) in [4.78, 5) is 34.4. The number of anilines is 2. The second kappa shape index (κ2) is 16.6. The molecule has 0 radical (unpaired) electrons. The molecule has 3 fully saturated rings. The van der Waals surface area contributed by atoms with Gasteiger partial charge in [0.2, 0.25) is 10.0 Å². The summed E-state index contributed by atoms with van der Waals surface area (Å²) >= 11 is 13.0. The number of hydrogen-bond acceptors (Lipinski definition) is 9. The monoisotopic (exact) mass is 783 g/mol. The Bertz CT molecular complexity index is 2040. The predicted octanol–water partition coefficient (Wildman–Crippen LogP) is 6.57. The highest BCUT2D eigenvalue weighted by Gasteiger charge is 2.37. The van der Waals surface area contributed by atoms with E-state index in [9.17, 15) is 18.0 Å². The SMILES string of the molecule is COc1ccc([C@H](Cc2c(Cl)c[nH+]cc2Cl)OC(=O)c2cccc(CN(C(=O)O[C@H]3CN4CCC3CC4)c3ccc(NS(C)(=O)=O)cc3)c2)cc1OC. The number of H-pyrrole nitrogens is 1. The Morgan fingerprint density at radius 3 is 2.28 bits per heavy atom. The molecule has 0 aliphatic carbocycles. The number of ether oxygens (including phenoxy) is 4. The number of aromatic amines is 1. The van der Waals surface area contributed by atoms with Gasteiger partial charge in [-0.25, -0.2) is 23.0 Å². The fourth-order valence-electron chi connectivity index (χ4n) is 6.74. The van der Waals surface area contributed by atoms with Crippen molar-refractivity contribution in [3.8, 4) is 11.5 Å². The number of aromatic nitrogens is 1. The number of benzene rings is 3. The number of hydrogen-bond donors (Lipinski definition) is 1. The van der Waals surface area contributed by atoms with Gasteiger partial charge in [0.15, 0.2) is 23.9 Å². The van der Waals surface area contributed by atoms with Gasteiger partial charge in [-0.3, -0.25) is 14.5 Å². The number of carbonyl (C=O) groups is 2. The molecule has 0 saturated carbocycles. The average molecular weight is 785 g/mol. The number of esters is 1. The summed E-state index contributed by atoms with van der Waals surface area (Å²) in [6, 6.07) is 18.5. The minimum Gasteiger partial charge on any atom is -0.493 e. The van der Waals surface area contributed by atoms with Crippen molar-refractivity contribution in [2.24, 2.45) is 5.92 Å². The molecule has 1 aromatic heterocycles. The lowest BCUT2D eigenvalue weighted by molar-refractivity contribution is -0.377. The van der Waals surface area contributed by atoms with Crippen molar-refractivity contribution in [3.63, 3.8) is 0 Å². The van der Waals surface area contributed by atoms with Crippen molar-refractivity contribution in [1.29, 1.82) is 0 Å². The van der Waals surface area contributed by atoms with Crippen molar-refractivity contribution in [1.82, 2.24) is 4.90 Å². The summed E-state index contributed by atoms with van der Waals surface area (Å²) in [6.45, 7) is 2.74. The van der Waals surface area contributed by atoms with Gasteiger partial charge in [-0.2, -0.15) is 0 Å². The van der Waals surface area contributed by atoms with Crippen LogP contribution in [-0.2, 0) is 32.5 Å². The van der Waals surface area contributed by atoms with Crippen LogP contribution in [0.2, 0.25) is 10.0 Å². The number of methoxy groups -OCH3 is 2. The summed E-state index contributed by atoms with van der Waals surface area (Å²) in [5, 5.41) is 0.762. The van der Waals surface area contributed by atoms with Crippen LogP contribution in [0.25, 0.3) is 0 Å². The topological polar surface area (TPSA) is 138 Å². The molecule has 280 valence electrons. The molecule has 3 aliphatic rings. The van der Waals surface area contributed by atoms with Crippen molar-refractivity contribution >= 4 is 56.7 Å². The molecule has 15 heteroatoms. The fraction of sp³-hybridized carbons (Fsp3) is 0.342.